The van der Waals surface area contributed by atoms with Gasteiger partial charge in [0.2, 0.25) is 0 Å². The average molecular weight is 368 g/mol. The summed E-state index contributed by atoms with van der Waals surface area (Å²) < 4.78 is 27.5. The van der Waals surface area contributed by atoms with Crippen molar-refractivity contribution in [3.05, 3.63) is 15.4 Å². The van der Waals surface area contributed by atoms with Gasteiger partial charge in [0, 0.05) is 6.54 Å². The van der Waals surface area contributed by atoms with E-state index in [1.165, 1.54) is 15.6 Å². The number of hydrogen-bond donors (Lipinski definition) is 2. The molecule has 9 heteroatoms. The van der Waals surface area contributed by atoms with Gasteiger partial charge in [-0.05, 0) is 47.3 Å². The van der Waals surface area contributed by atoms with Gasteiger partial charge in [0.1, 0.15) is 4.21 Å². The van der Waals surface area contributed by atoms with E-state index in [0.717, 1.165) is 9.35 Å². The standard InChI is InChI=1S/C10H14BrN3O3S2/c1-6-5-8(18-9(6)11)19(16,17)14-4-2-3-7(14)10(12)13-15/h5,7,15H,2-4H2,1H3,(H2,12,13). The van der Waals surface area contributed by atoms with Crippen molar-refractivity contribution < 1.29 is 13.6 Å². The number of amidine groups is 1. The molecule has 0 saturated carbocycles. The lowest BCUT2D eigenvalue weighted by molar-refractivity contribution is 0.311. The van der Waals surface area contributed by atoms with Gasteiger partial charge in [-0.3, -0.25) is 0 Å². The Morgan fingerprint density at radius 2 is 2.37 bits per heavy atom. The summed E-state index contributed by atoms with van der Waals surface area (Å²) in [6.45, 7) is 2.22. The van der Waals surface area contributed by atoms with Crippen LogP contribution < -0.4 is 5.73 Å². The zero-order valence-electron chi connectivity index (χ0n) is 10.2. The zero-order chi connectivity index (χ0) is 14.2. The maximum absolute atomic E-state index is 12.6. The number of sulfonamides is 1. The summed E-state index contributed by atoms with van der Waals surface area (Å²) in [5.41, 5.74) is 6.44. The molecule has 1 saturated heterocycles. The predicted molar refractivity (Wildman–Crippen MR) is 77.1 cm³/mol. The second kappa shape index (κ2) is 5.39. The first-order valence-electron chi connectivity index (χ1n) is 5.63. The Labute approximate surface area is 124 Å². The van der Waals surface area contributed by atoms with E-state index in [1.807, 2.05) is 6.92 Å². The fourth-order valence-electron chi connectivity index (χ4n) is 2.06. The molecule has 0 spiro atoms. The molecule has 0 amide bonds. The Morgan fingerprint density at radius 1 is 1.68 bits per heavy atom. The first kappa shape index (κ1) is 14.8. The van der Waals surface area contributed by atoms with E-state index >= 15 is 0 Å². The highest BCUT2D eigenvalue weighted by molar-refractivity contribution is 9.11. The van der Waals surface area contributed by atoms with E-state index in [2.05, 4.69) is 21.1 Å². The van der Waals surface area contributed by atoms with Gasteiger partial charge in [-0.2, -0.15) is 4.31 Å². The minimum absolute atomic E-state index is 0.0616. The molecule has 1 unspecified atom stereocenters. The van der Waals surface area contributed by atoms with E-state index < -0.39 is 16.1 Å². The molecule has 1 aliphatic heterocycles. The van der Waals surface area contributed by atoms with Crippen molar-refractivity contribution in [1.29, 1.82) is 0 Å². The summed E-state index contributed by atoms with van der Waals surface area (Å²) in [6.07, 6.45) is 1.27. The summed E-state index contributed by atoms with van der Waals surface area (Å²) >= 11 is 4.50. The van der Waals surface area contributed by atoms with Crippen LogP contribution in [0, 0.1) is 6.92 Å². The second-order valence-corrected chi connectivity index (χ2v) is 8.81. The van der Waals surface area contributed by atoms with Crippen LogP contribution >= 0.6 is 27.3 Å². The first-order chi connectivity index (χ1) is 8.87. The van der Waals surface area contributed by atoms with Crippen LogP contribution in [0.5, 0.6) is 0 Å². The molecule has 6 nitrogen and oxygen atoms in total. The maximum atomic E-state index is 12.6. The van der Waals surface area contributed by atoms with Gasteiger partial charge in [0.05, 0.1) is 9.83 Å². The molecule has 0 radical (unpaired) electrons. The number of halogens is 1. The Morgan fingerprint density at radius 3 is 2.89 bits per heavy atom. The lowest BCUT2D eigenvalue weighted by atomic mass is 10.2. The van der Waals surface area contributed by atoms with E-state index in [-0.39, 0.29) is 10.0 Å². The minimum atomic E-state index is -3.59. The predicted octanol–water partition coefficient (Wildman–Crippen LogP) is 1.72. The molecule has 106 valence electrons. The van der Waals surface area contributed by atoms with Gasteiger partial charge in [-0.1, -0.05) is 5.16 Å². The van der Waals surface area contributed by atoms with Crippen LogP contribution in [0.15, 0.2) is 19.2 Å². The fraction of sp³-hybridized carbons (Fsp3) is 0.500. The lowest BCUT2D eigenvalue weighted by Gasteiger charge is -2.21. The van der Waals surface area contributed by atoms with Gasteiger partial charge in [0.25, 0.3) is 10.0 Å². The van der Waals surface area contributed by atoms with Crippen LogP contribution in [0.3, 0.4) is 0 Å². The van der Waals surface area contributed by atoms with Gasteiger partial charge in [-0.15, -0.1) is 11.3 Å². The van der Waals surface area contributed by atoms with Crippen molar-refractivity contribution in [2.45, 2.75) is 30.0 Å². The molecule has 1 aliphatic rings. The Bertz CT molecular complexity index is 592. The molecule has 1 atom stereocenters. The molecule has 1 aromatic rings. The molecule has 19 heavy (non-hydrogen) atoms. The average Bonchev–Trinajstić information content (AvgIpc) is 2.97. The molecule has 1 fully saturated rings. The van der Waals surface area contributed by atoms with Gasteiger partial charge in [-0.25, -0.2) is 8.42 Å². The SMILES string of the molecule is Cc1cc(S(=O)(=O)N2CCCC2C(N)=NO)sc1Br. The van der Waals surface area contributed by atoms with Gasteiger partial charge in [0.15, 0.2) is 5.84 Å². The van der Waals surface area contributed by atoms with Gasteiger partial charge >= 0.3 is 0 Å². The molecule has 2 rings (SSSR count). The van der Waals surface area contributed by atoms with Crippen LogP contribution in [0.25, 0.3) is 0 Å². The van der Waals surface area contributed by atoms with Crippen LogP contribution in [0.4, 0.5) is 0 Å². The summed E-state index contributed by atoms with van der Waals surface area (Å²) in [7, 11) is -3.59. The smallest absolute Gasteiger partial charge is 0.253 e. The highest BCUT2D eigenvalue weighted by Crippen LogP contribution is 2.34. The number of thiophene rings is 1. The Hall–Kier alpha value is -0.640. The van der Waals surface area contributed by atoms with Crippen LogP contribution in [0.1, 0.15) is 18.4 Å². The normalized spacial score (nSPS) is 22.0. The number of nitrogens with zero attached hydrogens (tertiary/aromatic N) is 2. The topological polar surface area (TPSA) is 96.0 Å². The molecular formula is C10H14BrN3O3S2. The quantitative estimate of drug-likeness (QED) is 0.368. The molecular weight excluding hydrogens is 354 g/mol. The monoisotopic (exact) mass is 367 g/mol. The van der Waals surface area contributed by atoms with E-state index in [0.29, 0.717) is 19.4 Å². The van der Waals surface area contributed by atoms with Crippen molar-refractivity contribution in [2.24, 2.45) is 10.9 Å². The Kier molecular flexibility index (Phi) is 4.19. The van der Waals surface area contributed by atoms with E-state index in [4.69, 9.17) is 10.9 Å². The number of aryl methyl sites for hydroxylation is 1. The highest BCUT2D eigenvalue weighted by atomic mass is 79.9. The van der Waals surface area contributed by atoms with Crippen molar-refractivity contribution >= 4 is 43.1 Å². The second-order valence-electron chi connectivity index (χ2n) is 4.32. The molecule has 1 aromatic heterocycles. The zero-order valence-corrected chi connectivity index (χ0v) is 13.4. The summed E-state index contributed by atoms with van der Waals surface area (Å²) in [5.74, 6) is -0.0616. The molecule has 0 aliphatic carbocycles. The number of hydrogen-bond acceptors (Lipinski definition) is 5. The maximum Gasteiger partial charge on any atom is 0.253 e. The van der Waals surface area contributed by atoms with Crippen molar-refractivity contribution in [2.75, 3.05) is 6.54 Å². The molecule has 0 aromatic carbocycles. The molecule has 2 heterocycles. The van der Waals surface area contributed by atoms with Crippen LogP contribution in [-0.2, 0) is 10.0 Å². The summed E-state index contributed by atoms with van der Waals surface area (Å²) in [4.78, 5) is 0. The Balaban J connectivity index is 2.39. The summed E-state index contributed by atoms with van der Waals surface area (Å²) in [5, 5.41) is 11.7. The first-order valence-corrected chi connectivity index (χ1v) is 8.68. The molecule has 3 N–H and O–H groups in total. The van der Waals surface area contributed by atoms with Gasteiger partial charge < -0.3 is 10.9 Å². The number of oxime groups is 1. The number of rotatable bonds is 3. The van der Waals surface area contributed by atoms with Crippen LogP contribution in [-0.4, -0.2) is 36.4 Å². The highest BCUT2D eigenvalue weighted by Gasteiger charge is 2.38. The van der Waals surface area contributed by atoms with Crippen molar-refractivity contribution in [1.82, 2.24) is 4.31 Å². The van der Waals surface area contributed by atoms with E-state index in [1.54, 1.807) is 6.07 Å². The van der Waals surface area contributed by atoms with Crippen molar-refractivity contribution in [3.63, 3.8) is 0 Å². The minimum Gasteiger partial charge on any atom is -0.409 e. The largest absolute Gasteiger partial charge is 0.409 e. The number of nitrogens with two attached hydrogens (primary N) is 1. The summed E-state index contributed by atoms with van der Waals surface area (Å²) in [6, 6.07) is 1.07. The van der Waals surface area contributed by atoms with Crippen molar-refractivity contribution in [3.8, 4) is 0 Å². The molecule has 0 bridgehead atoms. The third-order valence-electron chi connectivity index (χ3n) is 3.06. The third-order valence-corrected chi connectivity index (χ3v) is 7.55. The van der Waals surface area contributed by atoms with Crippen LogP contribution in [0.2, 0.25) is 0 Å². The third kappa shape index (κ3) is 2.64. The lowest BCUT2D eigenvalue weighted by Crippen LogP contribution is -2.43. The van der Waals surface area contributed by atoms with E-state index in [9.17, 15) is 8.42 Å². The fourth-order valence-corrected chi connectivity index (χ4v) is 6.09.